The fourth-order valence-electron chi connectivity index (χ4n) is 1.12. The number of benzene rings is 1. The number of rotatable bonds is 2. The van der Waals surface area contributed by atoms with Crippen molar-refractivity contribution in [3.8, 4) is 0 Å². The lowest BCUT2D eigenvalue weighted by atomic mass is 10.1. The molecule has 1 heterocycles. The maximum Gasteiger partial charge on any atom is 0.127 e. The van der Waals surface area contributed by atoms with Gasteiger partial charge in [-0.25, -0.2) is 4.39 Å². The van der Waals surface area contributed by atoms with Gasteiger partial charge in [0.25, 0.3) is 0 Å². The summed E-state index contributed by atoms with van der Waals surface area (Å²) in [4.78, 5) is 0. The highest BCUT2D eigenvalue weighted by molar-refractivity contribution is 9.10. The molecule has 1 aromatic rings. The lowest BCUT2D eigenvalue weighted by Gasteiger charge is -2.00. The number of hydrogen-bond donors (Lipinski definition) is 0. The standard InChI is InChI=1S/C9H8BrFO/c10-7-2-1-6(9(11)4-7)3-8-5-12-8/h1-2,4,8H,3,5H2. The summed E-state index contributed by atoms with van der Waals surface area (Å²) in [6.45, 7) is 0.773. The summed E-state index contributed by atoms with van der Waals surface area (Å²) >= 11 is 3.21. The molecule has 0 amide bonds. The van der Waals surface area contributed by atoms with Crippen LogP contribution in [0.5, 0.6) is 0 Å². The first-order valence-corrected chi connectivity index (χ1v) is 4.60. The molecule has 0 spiro atoms. The molecule has 1 atom stereocenters. The Morgan fingerprint density at radius 3 is 2.92 bits per heavy atom. The molecular formula is C9H8BrFO. The molecule has 1 saturated heterocycles. The SMILES string of the molecule is Fc1cc(Br)ccc1CC1CO1. The Balaban J connectivity index is 2.18. The molecule has 1 nitrogen and oxygen atoms in total. The van der Waals surface area contributed by atoms with Gasteiger partial charge in [-0.1, -0.05) is 22.0 Å². The molecule has 1 unspecified atom stereocenters. The van der Waals surface area contributed by atoms with E-state index in [-0.39, 0.29) is 11.9 Å². The third-order valence-corrected chi connectivity index (χ3v) is 2.36. The lowest BCUT2D eigenvalue weighted by Crippen LogP contribution is -1.96. The Hall–Kier alpha value is -0.410. The van der Waals surface area contributed by atoms with Crippen LogP contribution in [0.3, 0.4) is 0 Å². The van der Waals surface area contributed by atoms with Crippen molar-refractivity contribution in [2.45, 2.75) is 12.5 Å². The van der Waals surface area contributed by atoms with Gasteiger partial charge in [0.2, 0.25) is 0 Å². The predicted molar refractivity (Wildman–Crippen MR) is 47.5 cm³/mol. The van der Waals surface area contributed by atoms with Crippen LogP contribution in [-0.4, -0.2) is 12.7 Å². The zero-order chi connectivity index (χ0) is 8.55. The number of hydrogen-bond acceptors (Lipinski definition) is 1. The van der Waals surface area contributed by atoms with Crippen molar-refractivity contribution in [1.29, 1.82) is 0 Å². The highest BCUT2D eigenvalue weighted by Crippen LogP contribution is 2.20. The first kappa shape index (κ1) is 8.20. The van der Waals surface area contributed by atoms with E-state index in [1.54, 1.807) is 6.07 Å². The van der Waals surface area contributed by atoms with Crippen molar-refractivity contribution in [3.63, 3.8) is 0 Å². The summed E-state index contributed by atoms with van der Waals surface area (Å²) in [5, 5.41) is 0. The molecule has 0 saturated carbocycles. The summed E-state index contributed by atoms with van der Waals surface area (Å²) in [6, 6.07) is 5.12. The molecule has 64 valence electrons. The van der Waals surface area contributed by atoms with E-state index in [9.17, 15) is 4.39 Å². The molecule has 0 aromatic heterocycles. The van der Waals surface area contributed by atoms with Gasteiger partial charge in [-0.2, -0.15) is 0 Å². The molecule has 1 fully saturated rings. The van der Waals surface area contributed by atoms with Gasteiger partial charge in [0, 0.05) is 10.9 Å². The van der Waals surface area contributed by atoms with E-state index in [1.807, 2.05) is 6.07 Å². The Labute approximate surface area is 78.7 Å². The maximum absolute atomic E-state index is 13.2. The van der Waals surface area contributed by atoms with Crippen LogP contribution < -0.4 is 0 Å². The Bertz CT molecular complexity index is 297. The second-order valence-corrected chi connectivity index (χ2v) is 3.81. The molecular weight excluding hydrogens is 223 g/mol. The van der Waals surface area contributed by atoms with Gasteiger partial charge in [0.15, 0.2) is 0 Å². The molecule has 0 aliphatic carbocycles. The first-order valence-electron chi connectivity index (χ1n) is 3.81. The fourth-order valence-corrected chi connectivity index (χ4v) is 1.45. The van der Waals surface area contributed by atoms with Crippen LogP contribution >= 0.6 is 15.9 Å². The first-order chi connectivity index (χ1) is 5.75. The van der Waals surface area contributed by atoms with E-state index in [0.717, 1.165) is 16.6 Å². The van der Waals surface area contributed by atoms with Gasteiger partial charge in [-0.3, -0.25) is 0 Å². The summed E-state index contributed by atoms with van der Waals surface area (Å²) in [5.41, 5.74) is 0.737. The van der Waals surface area contributed by atoms with Crippen molar-refractivity contribution < 1.29 is 9.13 Å². The molecule has 0 N–H and O–H groups in total. The molecule has 0 bridgehead atoms. The van der Waals surface area contributed by atoms with Crippen LogP contribution in [0, 0.1) is 5.82 Å². The smallest absolute Gasteiger partial charge is 0.127 e. The van der Waals surface area contributed by atoms with Crippen molar-refractivity contribution in [1.82, 2.24) is 0 Å². The van der Waals surface area contributed by atoms with E-state index in [0.29, 0.717) is 6.42 Å². The Morgan fingerprint density at radius 2 is 2.33 bits per heavy atom. The molecule has 0 radical (unpaired) electrons. The van der Waals surface area contributed by atoms with Gasteiger partial charge in [0.1, 0.15) is 5.82 Å². The maximum atomic E-state index is 13.2. The summed E-state index contributed by atoms with van der Waals surface area (Å²) in [7, 11) is 0. The van der Waals surface area contributed by atoms with Crippen LogP contribution in [0.1, 0.15) is 5.56 Å². The molecule has 1 aliphatic heterocycles. The van der Waals surface area contributed by atoms with Crippen LogP contribution in [0.15, 0.2) is 22.7 Å². The van der Waals surface area contributed by atoms with Crippen LogP contribution in [0.25, 0.3) is 0 Å². The molecule has 1 aliphatic rings. The second kappa shape index (κ2) is 3.15. The van der Waals surface area contributed by atoms with Crippen molar-refractivity contribution >= 4 is 15.9 Å². The monoisotopic (exact) mass is 230 g/mol. The molecule has 2 rings (SSSR count). The topological polar surface area (TPSA) is 12.5 Å². The number of ether oxygens (including phenoxy) is 1. The predicted octanol–water partition coefficient (Wildman–Crippen LogP) is 2.53. The van der Waals surface area contributed by atoms with Crippen LogP contribution in [0.4, 0.5) is 4.39 Å². The van der Waals surface area contributed by atoms with E-state index in [4.69, 9.17) is 4.74 Å². The van der Waals surface area contributed by atoms with E-state index in [2.05, 4.69) is 15.9 Å². The third kappa shape index (κ3) is 1.84. The normalized spacial score (nSPS) is 21.0. The average molecular weight is 231 g/mol. The minimum absolute atomic E-state index is 0.153. The van der Waals surface area contributed by atoms with E-state index in [1.165, 1.54) is 6.07 Å². The van der Waals surface area contributed by atoms with E-state index < -0.39 is 0 Å². The lowest BCUT2D eigenvalue weighted by molar-refractivity contribution is 0.405. The van der Waals surface area contributed by atoms with Crippen LogP contribution in [-0.2, 0) is 11.2 Å². The zero-order valence-corrected chi connectivity index (χ0v) is 7.97. The van der Waals surface area contributed by atoms with Crippen LogP contribution in [0.2, 0.25) is 0 Å². The molecule has 12 heavy (non-hydrogen) atoms. The second-order valence-electron chi connectivity index (χ2n) is 2.90. The summed E-state index contributed by atoms with van der Waals surface area (Å²) in [5.74, 6) is -0.153. The van der Waals surface area contributed by atoms with Gasteiger partial charge >= 0.3 is 0 Å². The van der Waals surface area contributed by atoms with Gasteiger partial charge in [-0.05, 0) is 17.7 Å². The van der Waals surface area contributed by atoms with Gasteiger partial charge in [0.05, 0.1) is 12.7 Å². The molecule has 1 aromatic carbocycles. The highest BCUT2D eigenvalue weighted by atomic mass is 79.9. The minimum atomic E-state index is -0.153. The zero-order valence-electron chi connectivity index (χ0n) is 6.39. The van der Waals surface area contributed by atoms with Crippen molar-refractivity contribution in [3.05, 3.63) is 34.1 Å². The summed E-state index contributed by atoms with van der Waals surface area (Å²) < 4.78 is 19.0. The summed E-state index contributed by atoms with van der Waals surface area (Å²) in [6.07, 6.45) is 0.944. The minimum Gasteiger partial charge on any atom is -0.373 e. The van der Waals surface area contributed by atoms with Crippen molar-refractivity contribution in [2.75, 3.05) is 6.61 Å². The fraction of sp³-hybridized carbons (Fsp3) is 0.333. The van der Waals surface area contributed by atoms with E-state index >= 15 is 0 Å². The number of epoxide rings is 1. The Kier molecular flexibility index (Phi) is 2.15. The Morgan fingerprint density at radius 1 is 1.58 bits per heavy atom. The largest absolute Gasteiger partial charge is 0.373 e. The quantitative estimate of drug-likeness (QED) is 0.712. The third-order valence-electron chi connectivity index (χ3n) is 1.87. The average Bonchev–Trinajstić information content (AvgIpc) is 2.79. The number of halogens is 2. The highest BCUT2D eigenvalue weighted by Gasteiger charge is 2.23. The van der Waals surface area contributed by atoms with Gasteiger partial charge < -0.3 is 4.74 Å². The molecule has 3 heteroatoms. The van der Waals surface area contributed by atoms with Gasteiger partial charge in [-0.15, -0.1) is 0 Å². The van der Waals surface area contributed by atoms with Crippen molar-refractivity contribution in [2.24, 2.45) is 0 Å².